The van der Waals surface area contributed by atoms with Crippen LogP contribution in [0.25, 0.3) is 0 Å². The van der Waals surface area contributed by atoms with E-state index in [-0.39, 0.29) is 10.8 Å². The van der Waals surface area contributed by atoms with Crippen molar-refractivity contribution < 1.29 is 22.7 Å². The van der Waals surface area contributed by atoms with Crippen molar-refractivity contribution in [3.8, 4) is 17.2 Å². The first kappa shape index (κ1) is 24.1. The zero-order valence-electron chi connectivity index (χ0n) is 18.8. The van der Waals surface area contributed by atoms with E-state index in [0.717, 1.165) is 0 Å². The molecule has 2 N–H and O–H groups in total. The Morgan fingerprint density at radius 2 is 1.39 bits per heavy atom. The molecule has 0 aliphatic carbocycles. The molecule has 8 heteroatoms. The summed E-state index contributed by atoms with van der Waals surface area (Å²) in [6, 6.07) is 21.9. The van der Waals surface area contributed by atoms with E-state index in [2.05, 4.69) is 10.0 Å². The zero-order valence-corrected chi connectivity index (χ0v) is 19.6. The third-order valence-corrected chi connectivity index (χ3v) is 5.98. The minimum absolute atomic E-state index is 0.0800. The lowest BCUT2D eigenvalue weighted by atomic mass is 10.2. The van der Waals surface area contributed by atoms with Crippen LogP contribution in [0, 0.1) is 5.92 Å². The number of nitrogens with one attached hydrogen (secondary N) is 2. The molecule has 0 saturated carbocycles. The molecule has 0 saturated heterocycles. The average molecular weight is 469 g/mol. The number of para-hydroxylation sites is 1. The van der Waals surface area contributed by atoms with Crippen molar-refractivity contribution in [2.45, 2.75) is 31.8 Å². The van der Waals surface area contributed by atoms with Gasteiger partial charge in [0.25, 0.3) is 15.9 Å². The van der Waals surface area contributed by atoms with E-state index in [1.807, 2.05) is 44.2 Å². The number of ether oxygens (including phenoxy) is 2. The van der Waals surface area contributed by atoms with Gasteiger partial charge in [0.15, 0.2) is 6.10 Å². The van der Waals surface area contributed by atoms with Gasteiger partial charge in [-0.2, -0.15) is 0 Å². The molecule has 0 bridgehead atoms. The normalized spacial score (nSPS) is 12.1. The third-order valence-electron chi connectivity index (χ3n) is 4.59. The molecule has 33 heavy (non-hydrogen) atoms. The van der Waals surface area contributed by atoms with Gasteiger partial charge in [-0.3, -0.25) is 9.52 Å². The van der Waals surface area contributed by atoms with Crippen LogP contribution < -0.4 is 19.5 Å². The Labute approximate surface area is 194 Å². The van der Waals surface area contributed by atoms with Crippen molar-refractivity contribution in [1.82, 2.24) is 5.32 Å². The molecule has 7 nitrogen and oxygen atoms in total. The Kier molecular flexibility index (Phi) is 7.95. The minimum atomic E-state index is -3.79. The monoisotopic (exact) mass is 468 g/mol. The predicted molar refractivity (Wildman–Crippen MR) is 128 cm³/mol. The standard InChI is InChI=1S/C25H28N2O5S/c1-18(2)17-26-25(28)19(3)31-22-13-15-24(16-14-22)33(29,30)27-20-9-11-23(12-10-20)32-21-7-5-4-6-8-21/h4-16,18-19,27H,17H2,1-3H3,(H,26,28)/t19-/m0/s1. The number of anilines is 1. The van der Waals surface area contributed by atoms with Gasteiger partial charge in [0, 0.05) is 12.2 Å². The largest absolute Gasteiger partial charge is 0.481 e. The fraction of sp³-hybridized carbons (Fsp3) is 0.240. The van der Waals surface area contributed by atoms with Crippen molar-refractivity contribution >= 4 is 21.6 Å². The van der Waals surface area contributed by atoms with Crippen LogP contribution in [0.1, 0.15) is 20.8 Å². The van der Waals surface area contributed by atoms with E-state index < -0.39 is 16.1 Å². The summed E-state index contributed by atoms with van der Waals surface area (Å²) >= 11 is 0. The molecule has 0 radical (unpaired) electrons. The van der Waals surface area contributed by atoms with Gasteiger partial charge in [-0.15, -0.1) is 0 Å². The summed E-state index contributed by atoms with van der Waals surface area (Å²) in [7, 11) is -3.79. The highest BCUT2D eigenvalue weighted by molar-refractivity contribution is 7.92. The van der Waals surface area contributed by atoms with E-state index in [4.69, 9.17) is 9.47 Å². The number of benzene rings is 3. The van der Waals surface area contributed by atoms with Gasteiger partial charge >= 0.3 is 0 Å². The number of hydrogen-bond donors (Lipinski definition) is 2. The molecular weight excluding hydrogens is 440 g/mol. The van der Waals surface area contributed by atoms with Crippen LogP contribution in [0.15, 0.2) is 83.8 Å². The number of rotatable bonds is 10. The molecule has 0 unspecified atom stereocenters. The molecule has 1 amide bonds. The van der Waals surface area contributed by atoms with Gasteiger partial charge < -0.3 is 14.8 Å². The first-order chi connectivity index (χ1) is 15.7. The summed E-state index contributed by atoms with van der Waals surface area (Å²) < 4.78 is 39.3. The second-order valence-corrected chi connectivity index (χ2v) is 9.60. The van der Waals surface area contributed by atoms with Crippen LogP contribution in [0.4, 0.5) is 5.69 Å². The highest BCUT2D eigenvalue weighted by Crippen LogP contribution is 2.24. The Morgan fingerprint density at radius 1 is 0.818 bits per heavy atom. The first-order valence-electron chi connectivity index (χ1n) is 10.6. The fourth-order valence-electron chi connectivity index (χ4n) is 2.83. The van der Waals surface area contributed by atoms with Crippen LogP contribution in [-0.4, -0.2) is 27.0 Å². The number of carbonyl (C=O) groups excluding carboxylic acids is 1. The Morgan fingerprint density at radius 3 is 2.00 bits per heavy atom. The number of hydrogen-bond acceptors (Lipinski definition) is 5. The maximum Gasteiger partial charge on any atom is 0.261 e. The SMILES string of the molecule is CC(C)CNC(=O)[C@H](C)Oc1ccc(S(=O)(=O)Nc2ccc(Oc3ccccc3)cc2)cc1. The van der Waals surface area contributed by atoms with Gasteiger partial charge in [-0.05, 0) is 73.5 Å². The molecule has 174 valence electrons. The maximum atomic E-state index is 12.7. The fourth-order valence-corrected chi connectivity index (χ4v) is 3.89. The summed E-state index contributed by atoms with van der Waals surface area (Å²) in [5.41, 5.74) is 0.409. The Balaban J connectivity index is 1.59. The highest BCUT2D eigenvalue weighted by Gasteiger charge is 2.17. The molecule has 0 aliphatic heterocycles. The molecular formula is C25H28N2O5S. The van der Waals surface area contributed by atoms with Gasteiger partial charge in [0.2, 0.25) is 0 Å². The molecule has 3 rings (SSSR count). The molecule has 1 atom stereocenters. The lowest BCUT2D eigenvalue weighted by Gasteiger charge is -2.16. The van der Waals surface area contributed by atoms with Gasteiger partial charge in [0.05, 0.1) is 4.90 Å². The van der Waals surface area contributed by atoms with Crippen molar-refractivity contribution in [1.29, 1.82) is 0 Å². The summed E-state index contributed by atoms with van der Waals surface area (Å²) in [6.45, 7) is 6.22. The number of carbonyl (C=O) groups is 1. The van der Waals surface area contributed by atoms with Crippen molar-refractivity contribution in [3.05, 3.63) is 78.9 Å². The molecule has 0 aliphatic rings. The minimum Gasteiger partial charge on any atom is -0.481 e. The Bertz CT molecular complexity index is 1150. The van der Waals surface area contributed by atoms with Crippen molar-refractivity contribution in [2.75, 3.05) is 11.3 Å². The van der Waals surface area contributed by atoms with E-state index in [1.54, 1.807) is 31.2 Å². The van der Waals surface area contributed by atoms with Crippen molar-refractivity contribution in [3.63, 3.8) is 0 Å². The van der Waals surface area contributed by atoms with E-state index in [1.165, 1.54) is 24.3 Å². The van der Waals surface area contributed by atoms with E-state index in [9.17, 15) is 13.2 Å². The molecule has 0 aromatic heterocycles. The molecule has 0 spiro atoms. The number of amides is 1. The van der Waals surface area contributed by atoms with E-state index in [0.29, 0.717) is 35.4 Å². The quantitative estimate of drug-likeness (QED) is 0.445. The summed E-state index contributed by atoms with van der Waals surface area (Å²) in [4.78, 5) is 12.1. The topological polar surface area (TPSA) is 93.7 Å². The lowest BCUT2D eigenvalue weighted by Crippen LogP contribution is -2.38. The lowest BCUT2D eigenvalue weighted by molar-refractivity contribution is -0.127. The van der Waals surface area contributed by atoms with Crippen LogP contribution in [0.3, 0.4) is 0 Å². The number of sulfonamides is 1. The summed E-state index contributed by atoms with van der Waals surface area (Å²) in [5, 5.41) is 2.80. The smallest absolute Gasteiger partial charge is 0.261 e. The zero-order chi connectivity index (χ0) is 23.8. The highest BCUT2D eigenvalue weighted by atomic mass is 32.2. The van der Waals surface area contributed by atoms with Gasteiger partial charge in [0.1, 0.15) is 17.2 Å². The predicted octanol–water partition coefficient (Wildman–Crippen LogP) is 4.82. The average Bonchev–Trinajstić information content (AvgIpc) is 2.79. The summed E-state index contributed by atoms with van der Waals surface area (Å²) in [5.74, 6) is 1.81. The van der Waals surface area contributed by atoms with Crippen LogP contribution in [0.5, 0.6) is 17.2 Å². The second-order valence-electron chi connectivity index (χ2n) is 7.92. The molecule has 0 heterocycles. The van der Waals surface area contributed by atoms with Crippen LogP contribution in [-0.2, 0) is 14.8 Å². The van der Waals surface area contributed by atoms with Gasteiger partial charge in [-0.25, -0.2) is 8.42 Å². The first-order valence-corrected chi connectivity index (χ1v) is 12.1. The second kappa shape index (κ2) is 10.9. The maximum absolute atomic E-state index is 12.7. The molecule has 3 aromatic rings. The summed E-state index contributed by atoms with van der Waals surface area (Å²) in [6.07, 6.45) is -0.694. The molecule has 3 aromatic carbocycles. The third kappa shape index (κ3) is 7.25. The van der Waals surface area contributed by atoms with Crippen LogP contribution >= 0.6 is 0 Å². The van der Waals surface area contributed by atoms with Crippen LogP contribution in [0.2, 0.25) is 0 Å². The molecule has 0 fully saturated rings. The van der Waals surface area contributed by atoms with E-state index >= 15 is 0 Å². The van der Waals surface area contributed by atoms with Gasteiger partial charge in [-0.1, -0.05) is 32.0 Å². The Hall–Kier alpha value is -3.52. The van der Waals surface area contributed by atoms with Crippen molar-refractivity contribution in [2.24, 2.45) is 5.92 Å².